The lowest BCUT2D eigenvalue weighted by Gasteiger charge is -2.10. The number of nitrogens with one attached hydrogen (secondary N) is 2. The van der Waals surface area contributed by atoms with E-state index in [1.54, 1.807) is 32.4 Å². The van der Waals surface area contributed by atoms with E-state index in [0.717, 1.165) is 11.1 Å². The Hall–Kier alpha value is -3.55. The molecule has 2 aromatic rings. The third-order valence-corrected chi connectivity index (χ3v) is 5.25. The number of methoxy groups -OCH3 is 2. The van der Waals surface area contributed by atoms with Gasteiger partial charge in [0.2, 0.25) is 10.0 Å². The molecule has 164 valence electrons. The Kier molecular flexibility index (Phi) is 8.43. The zero-order valence-corrected chi connectivity index (χ0v) is 18.0. The van der Waals surface area contributed by atoms with Crippen molar-refractivity contribution in [2.45, 2.75) is 17.9 Å². The van der Waals surface area contributed by atoms with Crippen molar-refractivity contribution in [3.05, 3.63) is 65.4 Å². The maximum Gasteiger partial charge on any atom is 0.263 e. The molecule has 0 heterocycles. The van der Waals surface area contributed by atoms with Crippen molar-refractivity contribution in [1.82, 2.24) is 10.6 Å². The molecule has 0 atom stereocenters. The molecule has 0 fully saturated rings. The second kappa shape index (κ2) is 11.0. The molecule has 0 aliphatic heterocycles. The van der Waals surface area contributed by atoms with E-state index in [-0.39, 0.29) is 10.5 Å². The number of sulfonamides is 1. The van der Waals surface area contributed by atoms with E-state index in [0.29, 0.717) is 31.0 Å². The van der Waals surface area contributed by atoms with Gasteiger partial charge in [-0.25, -0.2) is 13.6 Å². The summed E-state index contributed by atoms with van der Waals surface area (Å²) in [4.78, 5) is 12.2. The fourth-order valence-electron chi connectivity index (χ4n) is 2.67. The number of nitrogens with zero attached hydrogens (tertiary/aromatic N) is 1. The van der Waals surface area contributed by atoms with Gasteiger partial charge in [-0.05, 0) is 41.8 Å². The second-order valence-electron chi connectivity index (χ2n) is 6.43. The lowest BCUT2D eigenvalue weighted by atomic mass is 10.1. The van der Waals surface area contributed by atoms with Crippen molar-refractivity contribution in [3.63, 3.8) is 0 Å². The fraction of sp³-hybridized carbons (Fsp3) is 0.238. The molecule has 0 spiro atoms. The number of carbonyl (C=O) groups excluding carboxylic acids is 1. The average Bonchev–Trinajstić information content (AvgIpc) is 2.76. The normalized spacial score (nSPS) is 11.4. The van der Waals surface area contributed by atoms with Crippen LogP contribution >= 0.6 is 0 Å². The van der Waals surface area contributed by atoms with Crippen LogP contribution < -0.4 is 25.2 Å². The topological polar surface area (TPSA) is 144 Å². The molecule has 2 aromatic carbocycles. The van der Waals surface area contributed by atoms with Crippen molar-refractivity contribution in [3.8, 4) is 17.6 Å². The summed E-state index contributed by atoms with van der Waals surface area (Å²) in [7, 11) is -0.640. The minimum Gasteiger partial charge on any atom is -0.493 e. The van der Waals surface area contributed by atoms with Crippen molar-refractivity contribution in [1.29, 1.82) is 5.26 Å². The third-order valence-electron chi connectivity index (χ3n) is 4.32. The van der Waals surface area contributed by atoms with Crippen molar-refractivity contribution >= 4 is 15.9 Å². The quantitative estimate of drug-likeness (QED) is 0.369. The van der Waals surface area contributed by atoms with E-state index in [4.69, 9.17) is 14.6 Å². The molecule has 0 aliphatic carbocycles. The smallest absolute Gasteiger partial charge is 0.263 e. The van der Waals surface area contributed by atoms with Crippen LogP contribution in [-0.4, -0.2) is 35.1 Å². The molecule has 4 N–H and O–H groups in total. The molecule has 0 bridgehead atoms. The fourth-order valence-corrected chi connectivity index (χ4v) is 3.18. The summed E-state index contributed by atoms with van der Waals surface area (Å²) in [5, 5.41) is 19.9. The van der Waals surface area contributed by atoms with Gasteiger partial charge in [-0.2, -0.15) is 5.26 Å². The molecule has 0 aromatic heterocycles. The van der Waals surface area contributed by atoms with Gasteiger partial charge in [-0.1, -0.05) is 18.2 Å². The monoisotopic (exact) mass is 444 g/mol. The molecular weight excluding hydrogens is 420 g/mol. The van der Waals surface area contributed by atoms with E-state index in [1.165, 1.54) is 18.3 Å². The molecule has 0 aliphatic rings. The number of hydrogen-bond donors (Lipinski definition) is 3. The van der Waals surface area contributed by atoms with Crippen LogP contribution in [0.1, 0.15) is 11.1 Å². The number of rotatable bonds is 10. The minimum absolute atomic E-state index is 0.0124. The van der Waals surface area contributed by atoms with Crippen LogP contribution in [0.3, 0.4) is 0 Å². The van der Waals surface area contributed by atoms with E-state index >= 15 is 0 Å². The van der Waals surface area contributed by atoms with Gasteiger partial charge in [0.1, 0.15) is 11.6 Å². The van der Waals surface area contributed by atoms with Gasteiger partial charge in [0.05, 0.1) is 19.1 Å². The summed E-state index contributed by atoms with van der Waals surface area (Å²) in [5.41, 5.74) is 1.63. The highest BCUT2D eigenvalue weighted by Crippen LogP contribution is 2.27. The summed E-state index contributed by atoms with van der Waals surface area (Å²) in [6.45, 7) is 0.636. The zero-order valence-electron chi connectivity index (χ0n) is 17.2. The Morgan fingerprint density at radius 3 is 2.32 bits per heavy atom. The summed E-state index contributed by atoms with van der Waals surface area (Å²) in [5.74, 6) is 0.723. The first-order valence-corrected chi connectivity index (χ1v) is 10.8. The first-order valence-electron chi connectivity index (χ1n) is 9.23. The number of primary sulfonamides is 1. The van der Waals surface area contributed by atoms with Gasteiger partial charge >= 0.3 is 0 Å². The van der Waals surface area contributed by atoms with Crippen LogP contribution in [0.4, 0.5) is 0 Å². The highest BCUT2D eigenvalue weighted by molar-refractivity contribution is 7.89. The minimum atomic E-state index is -3.75. The van der Waals surface area contributed by atoms with Gasteiger partial charge in [-0.15, -0.1) is 0 Å². The molecule has 10 heteroatoms. The molecule has 2 rings (SSSR count). The number of carbonyl (C=O) groups is 1. The first-order chi connectivity index (χ1) is 14.8. The Morgan fingerprint density at radius 2 is 1.74 bits per heavy atom. The van der Waals surface area contributed by atoms with Crippen molar-refractivity contribution in [2.75, 3.05) is 20.8 Å². The third kappa shape index (κ3) is 7.02. The van der Waals surface area contributed by atoms with Crippen LogP contribution in [0.2, 0.25) is 0 Å². The SMILES string of the molecule is COc1ccc(CCNC(=O)/C(C#N)=C\NCc2ccc(S(N)(=O)=O)cc2)cc1OC. The van der Waals surface area contributed by atoms with Crippen molar-refractivity contribution in [2.24, 2.45) is 5.14 Å². The molecule has 0 saturated heterocycles. The van der Waals surface area contributed by atoms with E-state index < -0.39 is 15.9 Å². The first kappa shape index (κ1) is 23.7. The van der Waals surface area contributed by atoms with Crippen LogP contribution in [0.25, 0.3) is 0 Å². The molecule has 0 saturated carbocycles. The largest absolute Gasteiger partial charge is 0.493 e. The number of nitriles is 1. The Bertz CT molecular complexity index is 1090. The van der Waals surface area contributed by atoms with Gasteiger partial charge in [0.25, 0.3) is 5.91 Å². The number of hydrogen-bond acceptors (Lipinski definition) is 7. The molecule has 0 radical (unpaired) electrons. The summed E-state index contributed by atoms with van der Waals surface area (Å²) in [6, 6.07) is 13.3. The maximum atomic E-state index is 12.2. The highest BCUT2D eigenvalue weighted by atomic mass is 32.2. The van der Waals surface area contributed by atoms with E-state index in [1.807, 2.05) is 18.2 Å². The van der Waals surface area contributed by atoms with Crippen LogP contribution in [0.15, 0.2) is 59.1 Å². The highest BCUT2D eigenvalue weighted by Gasteiger charge is 2.10. The number of nitrogens with two attached hydrogens (primary N) is 1. The molecule has 31 heavy (non-hydrogen) atoms. The maximum absolute atomic E-state index is 12.2. The molecule has 9 nitrogen and oxygen atoms in total. The van der Waals surface area contributed by atoms with E-state index in [2.05, 4.69) is 10.6 Å². The van der Waals surface area contributed by atoms with Crippen molar-refractivity contribution < 1.29 is 22.7 Å². The standard InChI is InChI=1S/C21H24N4O5S/c1-29-19-8-5-15(11-20(19)30-2)9-10-25-21(26)17(12-22)14-24-13-16-3-6-18(7-4-16)31(23,27)28/h3-8,11,14,24H,9-10,13H2,1-2H3,(H,25,26)(H2,23,27,28)/b17-14-. The second-order valence-corrected chi connectivity index (χ2v) is 8.00. The van der Waals surface area contributed by atoms with Gasteiger partial charge in [-0.3, -0.25) is 4.79 Å². The number of amides is 1. The van der Waals surface area contributed by atoms with Gasteiger partial charge in [0.15, 0.2) is 11.5 Å². The lowest BCUT2D eigenvalue weighted by molar-refractivity contribution is -0.117. The van der Waals surface area contributed by atoms with E-state index in [9.17, 15) is 18.5 Å². The average molecular weight is 445 g/mol. The van der Waals surface area contributed by atoms with Crippen LogP contribution in [0.5, 0.6) is 11.5 Å². The summed E-state index contributed by atoms with van der Waals surface area (Å²) >= 11 is 0. The zero-order chi connectivity index (χ0) is 22.9. The molecule has 0 unspecified atom stereocenters. The Balaban J connectivity index is 1.87. The van der Waals surface area contributed by atoms with Crippen LogP contribution in [0, 0.1) is 11.3 Å². The Labute approximate surface area is 181 Å². The summed E-state index contributed by atoms with van der Waals surface area (Å²) < 4.78 is 33.0. The van der Waals surface area contributed by atoms with Crippen LogP contribution in [-0.2, 0) is 27.8 Å². The summed E-state index contributed by atoms with van der Waals surface area (Å²) in [6.07, 6.45) is 1.87. The predicted octanol–water partition coefficient (Wildman–Crippen LogP) is 1.21. The number of ether oxygens (including phenoxy) is 2. The predicted molar refractivity (Wildman–Crippen MR) is 115 cm³/mol. The molecular formula is C21H24N4O5S. The molecule has 1 amide bonds. The van der Waals surface area contributed by atoms with Gasteiger partial charge < -0.3 is 20.1 Å². The van der Waals surface area contributed by atoms with Gasteiger partial charge in [0, 0.05) is 19.3 Å². The number of benzene rings is 2. The Morgan fingerprint density at radius 1 is 1.10 bits per heavy atom. The lowest BCUT2D eigenvalue weighted by Crippen LogP contribution is -2.27.